The third-order valence-electron chi connectivity index (χ3n) is 3.54. The van der Waals surface area contributed by atoms with Crippen LogP contribution in [0.2, 0.25) is 0 Å². The molecule has 0 heterocycles. The Kier molecular flexibility index (Phi) is 10.7. The third-order valence-corrected chi connectivity index (χ3v) is 9.72. The summed E-state index contributed by atoms with van der Waals surface area (Å²) < 4.78 is 16.7. The number of carbonyl (C=O) groups excluding carboxylic acids is 1. The number of rotatable bonds is 11. The highest BCUT2D eigenvalue weighted by molar-refractivity contribution is 8.56. The van der Waals surface area contributed by atoms with E-state index in [1.54, 1.807) is 11.8 Å². The molecule has 0 saturated heterocycles. The van der Waals surface area contributed by atoms with Crippen molar-refractivity contribution in [3.8, 4) is 0 Å². The molecule has 2 aromatic carbocycles. The molecule has 0 radical (unpaired) electrons. The minimum Gasteiger partial charge on any atom is -0.381 e. The second-order valence-corrected chi connectivity index (χ2v) is 11.7. The van der Waals surface area contributed by atoms with Crippen molar-refractivity contribution in [2.45, 2.75) is 38.1 Å². The molecule has 2 unspecified atom stereocenters. The standard InChI is InChI=1S/C21H29N2O3PS2/c1-4-16-29-27(25-5-2,26-21(24)22-19-12-8-6-9-13-19)23-18(3)17-28-20-14-10-7-11-15-20/h6-15,18H,4-5,16-17H2,1-3H3,(H,22,24). The van der Waals surface area contributed by atoms with Crippen molar-refractivity contribution >= 4 is 41.6 Å². The maximum absolute atomic E-state index is 12.6. The summed E-state index contributed by atoms with van der Waals surface area (Å²) >= 11 is 3.25. The number of anilines is 1. The van der Waals surface area contributed by atoms with Gasteiger partial charge in [0, 0.05) is 22.1 Å². The van der Waals surface area contributed by atoms with Crippen molar-refractivity contribution in [2.75, 3.05) is 23.4 Å². The average molecular weight is 453 g/mol. The second-order valence-electron chi connectivity index (χ2n) is 6.18. The number of benzene rings is 2. The van der Waals surface area contributed by atoms with E-state index < -0.39 is 12.8 Å². The van der Waals surface area contributed by atoms with E-state index in [2.05, 4.69) is 24.4 Å². The number of nitrogens with zero attached hydrogens (tertiary/aromatic N) is 1. The van der Waals surface area contributed by atoms with Gasteiger partial charge >= 0.3 is 12.8 Å². The lowest BCUT2D eigenvalue weighted by Crippen LogP contribution is -2.14. The first-order valence-electron chi connectivity index (χ1n) is 9.71. The smallest absolute Gasteiger partial charge is 0.381 e. The average Bonchev–Trinajstić information content (AvgIpc) is 2.72. The highest BCUT2D eigenvalue weighted by Crippen LogP contribution is 2.64. The lowest BCUT2D eigenvalue weighted by Gasteiger charge is -2.24. The van der Waals surface area contributed by atoms with Crippen LogP contribution in [0.3, 0.4) is 0 Å². The van der Waals surface area contributed by atoms with Gasteiger partial charge in [-0.3, -0.25) is 5.32 Å². The molecule has 0 aromatic heterocycles. The minimum absolute atomic E-state index is 0.0195. The van der Waals surface area contributed by atoms with Crippen LogP contribution in [0.15, 0.2) is 70.3 Å². The summed E-state index contributed by atoms with van der Waals surface area (Å²) in [5, 5.41) is 2.77. The molecule has 8 heteroatoms. The van der Waals surface area contributed by atoms with Gasteiger partial charge in [0.25, 0.3) is 0 Å². The van der Waals surface area contributed by atoms with E-state index in [-0.39, 0.29) is 6.04 Å². The van der Waals surface area contributed by atoms with Crippen LogP contribution >= 0.6 is 29.9 Å². The molecule has 0 spiro atoms. The Bertz CT molecular complexity index is 791. The third kappa shape index (κ3) is 8.87. The summed E-state index contributed by atoms with van der Waals surface area (Å²) in [6.07, 6.45) is 0.416. The Morgan fingerprint density at radius 3 is 2.38 bits per heavy atom. The molecule has 158 valence electrons. The van der Waals surface area contributed by atoms with Crippen molar-refractivity contribution in [2.24, 2.45) is 4.74 Å². The molecule has 1 amide bonds. The first-order valence-corrected chi connectivity index (χ1v) is 13.9. The van der Waals surface area contributed by atoms with Gasteiger partial charge in [0.05, 0.1) is 12.6 Å². The maximum Gasteiger partial charge on any atom is 0.417 e. The molecule has 0 aliphatic rings. The summed E-state index contributed by atoms with van der Waals surface area (Å²) in [5.74, 6) is 1.60. The van der Waals surface area contributed by atoms with Gasteiger partial charge in [0.1, 0.15) is 0 Å². The zero-order valence-corrected chi connectivity index (χ0v) is 19.6. The Hall–Kier alpha value is -1.40. The topological polar surface area (TPSA) is 59.9 Å². The number of carbonyl (C=O) groups is 1. The van der Waals surface area contributed by atoms with Gasteiger partial charge in [-0.2, -0.15) is 0 Å². The normalized spacial score (nSPS) is 13.9. The fraction of sp³-hybridized carbons (Fsp3) is 0.381. The number of nitrogens with one attached hydrogen (secondary N) is 1. The van der Waals surface area contributed by atoms with Crippen LogP contribution in [0.25, 0.3) is 0 Å². The summed E-state index contributed by atoms with van der Waals surface area (Å²) in [4.78, 5) is 13.8. The van der Waals surface area contributed by atoms with Crippen molar-refractivity contribution in [1.82, 2.24) is 0 Å². The molecule has 0 aliphatic heterocycles. The molecule has 1 N–H and O–H groups in total. The molecule has 2 aromatic rings. The van der Waals surface area contributed by atoms with Crippen LogP contribution in [0.1, 0.15) is 27.2 Å². The van der Waals surface area contributed by atoms with E-state index in [1.807, 2.05) is 62.4 Å². The number of hydrogen-bond acceptors (Lipinski definition) is 6. The Morgan fingerprint density at radius 1 is 1.10 bits per heavy atom. The first-order chi connectivity index (χ1) is 14.1. The Balaban J connectivity index is 2.13. The number of hydrogen-bond donors (Lipinski definition) is 1. The van der Waals surface area contributed by atoms with Gasteiger partial charge < -0.3 is 9.05 Å². The SMILES string of the molecule is CCCSP(=NC(C)CSc1ccccc1)(OCC)OC(=O)Nc1ccccc1. The molecular weight excluding hydrogens is 423 g/mol. The number of para-hydroxylation sites is 1. The minimum atomic E-state index is -2.77. The molecule has 5 nitrogen and oxygen atoms in total. The van der Waals surface area contributed by atoms with Gasteiger partial charge in [-0.05, 0) is 55.9 Å². The lowest BCUT2D eigenvalue weighted by molar-refractivity contribution is 0.209. The van der Waals surface area contributed by atoms with Crippen LogP contribution in [-0.4, -0.2) is 30.2 Å². The van der Waals surface area contributed by atoms with E-state index in [9.17, 15) is 4.79 Å². The van der Waals surface area contributed by atoms with Gasteiger partial charge in [-0.15, -0.1) is 11.8 Å². The molecule has 29 heavy (non-hydrogen) atoms. The largest absolute Gasteiger partial charge is 0.417 e. The fourth-order valence-electron chi connectivity index (χ4n) is 2.33. The quantitative estimate of drug-likeness (QED) is 0.282. The first kappa shape index (κ1) is 23.9. The van der Waals surface area contributed by atoms with Gasteiger partial charge in [-0.25, -0.2) is 9.54 Å². The van der Waals surface area contributed by atoms with E-state index in [0.29, 0.717) is 12.3 Å². The van der Waals surface area contributed by atoms with Gasteiger partial charge in [0.15, 0.2) is 0 Å². The highest BCUT2D eigenvalue weighted by atomic mass is 32.7. The molecule has 0 fully saturated rings. The Morgan fingerprint density at radius 2 is 1.76 bits per heavy atom. The molecule has 0 aliphatic carbocycles. The van der Waals surface area contributed by atoms with Crippen molar-refractivity contribution in [1.29, 1.82) is 0 Å². The molecule has 0 saturated carbocycles. The van der Waals surface area contributed by atoms with Crippen molar-refractivity contribution in [3.05, 3.63) is 60.7 Å². The van der Waals surface area contributed by atoms with E-state index in [1.165, 1.54) is 16.3 Å². The van der Waals surface area contributed by atoms with Crippen LogP contribution in [0.5, 0.6) is 0 Å². The van der Waals surface area contributed by atoms with Crippen LogP contribution in [0.4, 0.5) is 10.5 Å². The molecular formula is C21H29N2O3PS2. The van der Waals surface area contributed by atoms with Crippen molar-refractivity contribution < 1.29 is 13.8 Å². The fourth-order valence-corrected chi connectivity index (χ4v) is 8.04. The predicted octanol–water partition coefficient (Wildman–Crippen LogP) is 7.54. The number of amides is 1. The van der Waals surface area contributed by atoms with E-state index in [0.717, 1.165) is 17.9 Å². The highest BCUT2D eigenvalue weighted by Gasteiger charge is 2.28. The summed E-state index contributed by atoms with van der Waals surface area (Å²) in [5.41, 5.74) is 0.681. The van der Waals surface area contributed by atoms with E-state index >= 15 is 0 Å². The second kappa shape index (κ2) is 13.0. The zero-order chi connectivity index (χ0) is 21.0. The number of thioether (sulfide) groups is 1. The summed E-state index contributed by atoms with van der Waals surface area (Å²) in [6, 6.07) is 19.4. The molecule has 0 bridgehead atoms. The molecule has 2 atom stereocenters. The van der Waals surface area contributed by atoms with Crippen LogP contribution in [-0.2, 0) is 9.05 Å². The Labute approximate surface area is 182 Å². The van der Waals surface area contributed by atoms with Crippen LogP contribution < -0.4 is 5.32 Å². The summed E-state index contributed by atoms with van der Waals surface area (Å²) in [7, 11) is 0. The summed E-state index contributed by atoms with van der Waals surface area (Å²) in [6.45, 7) is 3.70. The lowest BCUT2D eigenvalue weighted by atomic mass is 10.3. The van der Waals surface area contributed by atoms with Crippen LogP contribution in [0, 0.1) is 0 Å². The molecule has 2 rings (SSSR count). The predicted molar refractivity (Wildman–Crippen MR) is 127 cm³/mol. The zero-order valence-electron chi connectivity index (χ0n) is 17.1. The monoisotopic (exact) mass is 452 g/mol. The van der Waals surface area contributed by atoms with E-state index in [4.69, 9.17) is 13.8 Å². The van der Waals surface area contributed by atoms with Gasteiger partial charge in [0.2, 0.25) is 0 Å². The maximum atomic E-state index is 12.6. The van der Waals surface area contributed by atoms with Gasteiger partial charge in [-0.1, -0.05) is 43.3 Å². The van der Waals surface area contributed by atoms with Crippen molar-refractivity contribution in [3.63, 3.8) is 0 Å².